The third-order valence-electron chi connectivity index (χ3n) is 7.48. The number of imidazole rings is 1. The number of pyridine rings is 1. The summed E-state index contributed by atoms with van der Waals surface area (Å²) >= 11 is 0. The van der Waals surface area contributed by atoms with Crippen LogP contribution in [0.3, 0.4) is 0 Å². The van der Waals surface area contributed by atoms with E-state index >= 15 is 0 Å². The van der Waals surface area contributed by atoms with Gasteiger partial charge in [0.1, 0.15) is 11.4 Å². The second kappa shape index (κ2) is 8.58. The third-order valence-corrected chi connectivity index (χ3v) is 7.48. The van der Waals surface area contributed by atoms with Crippen molar-refractivity contribution in [1.29, 1.82) is 0 Å². The third kappa shape index (κ3) is 3.58. The summed E-state index contributed by atoms with van der Waals surface area (Å²) < 4.78 is 9.01. The van der Waals surface area contributed by atoms with Gasteiger partial charge in [0.2, 0.25) is 0 Å². The summed E-state index contributed by atoms with van der Waals surface area (Å²) in [5.41, 5.74) is 11.8. The lowest BCUT2D eigenvalue weighted by Crippen LogP contribution is -2.09. The second-order valence-electron chi connectivity index (χ2n) is 10.8. The molecule has 6 rings (SSSR count). The molecule has 0 saturated heterocycles. The Balaban J connectivity index is 1.80. The molecule has 0 bridgehead atoms. The van der Waals surface area contributed by atoms with E-state index in [1.807, 2.05) is 13.8 Å². The fourth-order valence-electron chi connectivity index (χ4n) is 5.71. The topological polar surface area (TPSA) is 43.9 Å². The lowest BCUT2D eigenvalue weighted by atomic mass is 9.92. The summed E-state index contributed by atoms with van der Waals surface area (Å²) in [6, 6.07) is 21.7. The van der Waals surface area contributed by atoms with Gasteiger partial charge in [0.05, 0.1) is 28.0 Å². The number of nitrogens with zero attached hydrogens (tertiary/aromatic N) is 3. The zero-order chi connectivity index (χ0) is 26.0. The van der Waals surface area contributed by atoms with Crippen molar-refractivity contribution in [3.63, 3.8) is 0 Å². The van der Waals surface area contributed by atoms with Crippen LogP contribution in [0, 0.1) is 20.8 Å². The summed E-state index contributed by atoms with van der Waals surface area (Å²) in [5, 5.41) is 2.21. The maximum atomic E-state index is 6.63. The molecular weight excluding hydrogens is 454 g/mol. The summed E-state index contributed by atoms with van der Waals surface area (Å²) in [5.74, 6) is 1.64. The number of rotatable bonds is 4. The van der Waals surface area contributed by atoms with Gasteiger partial charge in [0, 0.05) is 16.5 Å². The number of aryl methyl sites for hydroxylation is 3. The number of furan rings is 1. The Hall–Kier alpha value is -3.92. The van der Waals surface area contributed by atoms with Gasteiger partial charge >= 0.3 is 0 Å². The highest BCUT2D eigenvalue weighted by Gasteiger charge is 2.25. The molecule has 0 radical (unpaired) electrons. The molecule has 0 aliphatic carbocycles. The van der Waals surface area contributed by atoms with Crippen LogP contribution in [0.2, 0.25) is 0 Å². The lowest BCUT2D eigenvalue weighted by Gasteiger charge is -2.23. The molecule has 0 spiro atoms. The first kappa shape index (κ1) is 23.5. The lowest BCUT2D eigenvalue weighted by molar-refractivity contribution is 0.662. The first-order valence-corrected chi connectivity index (χ1v) is 13.2. The van der Waals surface area contributed by atoms with E-state index in [-0.39, 0.29) is 0 Å². The molecule has 0 fully saturated rings. The van der Waals surface area contributed by atoms with Crippen molar-refractivity contribution in [2.75, 3.05) is 0 Å². The van der Waals surface area contributed by atoms with Crippen LogP contribution in [-0.4, -0.2) is 14.5 Å². The van der Waals surface area contributed by atoms with E-state index in [1.54, 1.807) is 0 Å². The van der Waals surface area contributed by atoms with E-state index in [0.717, 1.165) is 61.3 Å². The minimum atomic E-state index is 0.363. The van der Waals surface area contributed by atoms with Gasteiger partial charge in [-0.3, -0.25) is 9.55 Å². The first-order valence-electron chi connectivity index (χ1n) is 13.2. The molecule has 0 saturated carbocycles. The summed E-state index contributed by atoms with van der Waals surface area (Å²) in [6.45, 7) is 15.3. The predicted molar refractivity (Wildman–Crippen MR) is 154 cm³/mol. The van der Waals surface area contributed by atoms with Gasteiger partial charge in [0.15, 0.2) is 5.58 Å². The van der Waals surface area contributed by atoms with Gasteiger partial charge in [-0.15, -0.1) is 0 Å². The van der Waals surface area contributed by atoms with E-state index in [9.17, 15) is 0 Å². The number of fused-ring (bicyclic) bond motifs is 4. The number of hydrogen-bond donors (Lipinski definition) is 0. The minimum Gasteiger partial charge on any atom is -0.453 e. The molecule has 0 aliphatic rings. The molecule has 4 heteroatoms. The van der Waals surface area contributed by atoms with Gasteiger partial charge in [-0.25, -0.2) is 4.98 Å². The fourth-order valence-corrected chi connectivity index (χ4v) is 5.71. The van der Waals surface area contributed by atoms with Gasteiger partial charge in [-0.05, 0) is 67.5 Å². The van der Waals surface area contributed by atoms with Crippen molar-refractivity contribution < 1.29 is 4.42 Å². The Morgan fingerprint density at radius 2 is 1.43 bits per heavy atom. The molecule has 0 atom stereocenters. The van der Waals surface area contributed by atoms with Crippen molar-refractivity contribution in [2.45, 2.75) is 60.3 Å². The summed E-state index contributed by atoms with van der Waals surface area (Å²) in [6.07, 6.45) is 0. The first-order chi connectivity index (χ1) is 17.8. The molecule has 3 heterocycles. The van der Waals surface area contributed by atoms with Crippen molar-refractivity contribution in [2.24, 2.45) is 0 Å². The molecule has 0 unspecified atom stereocenters. The number of benzene rings is 3. The Bertz CT molecular complexity index is 1790. The summed E-state index contributed by atoms with van der Waals surface area (Å²) in [4.78, 5) is 9.94. The highest BCUT2D eigenvalue weighted by Crippen LogP contribution is 2.42. The van der Waals surface area contributed by atoms with E-state index in [2.05, 4.69) is 105 Å². The molecule has 6 aromatic rings. The molecule has 3 aromatic carbocycles. The zero-order valence-corrected chi connectivity index (χ0v) is 22.7. The van der Waals surface area contributed by atoms with E-state index < -0.39 is 0 Å². The molecule has 0 aliphatic heterocycles. The molecule has 186 valence electrons. The Labute approximate surface area is 218 Å². The molecule has 0 amide bonds. The van der Waals surface area contributed by atoms with E-state index in [1.165, 1.54) is 16.8 Å². The van der Waals surface area contributed by atoms with E-state index in [0.29, 0.717) is 11.8 Å². The predicted octanol–water partition coefficient (Wildman–Crippen LogP) is 9.16. The Morgan fingerprint density at radius 3 is 2.14 bits per heavy atom. The molecule has 4 nitrogen and oxygen atoms in total. The SMILES string of the molecule is Cc1cc2c(oc3c(-c4nc5ccccc5n4-c4c(C(C)C)cccc4C(C)C)c(C)ccc32)c(C)n1. The van der Waals surface area contributed by atoms with E-state index in [4.69, 9.17) is 9.40 Å². The van der Waals surface area contributed by atoms with Crippen LogP contribution in [0.4, 0.5) is 0 Å². The standard InChI is InChI=1S/C33H33N3O/c1-18(2)23-11-10-12-24(19(3)4)30(23)36-28-14-9-8-13-27(28)35-33(36)29-20(5)15-16-25-26-17-21(6)34-22(7)31(26)37-32(25)29/h8-19H,1-7H3. The maximum Gasteiger partial charge on any atom is 0.156 e. The quantitative estimate of drug-likeness (QED) is 0.249. The Morgan fingerprint density at radius 1 is 0.730 bits per heavy atom. The monoisotopic (exact) mass is 487 g/mol. The van der Waals surface area contributed by atoms with Gasteiger partial charge in [0.25, 0.3) is 0 Å². The zero-order valence-electron chi connectivity index (χ0n) is 22.7. The van der Waals surface area contributed by atoms with Gasteiger partial charge in [-0.2, -0.15) is 0 Å². The number of hydrogen-bond acceptors (Lipinski definition) is 3. The van der Waals surface area contributed by atoms with Crippen LogP contribution in [0.25, 0.3) is 50.0 Å². The van der Waals surface area contributed by atoms with Gasteiger partial charge < -0.3 is 4.42 Å². The minimum absolute atomic E-state index is 0.363. The highest BCUT2D eigenvalue weighted by atomic mass is 16.3. The fraction of sp³-hybridized carbons (Fsp3) is 0.273. The van der Waals surface area contributed by atoms with Crippen LogP contribution in [0.1, 0.15) is 67.6 Å². The maximum absolute atomic E-state index is 6.63. The molecular formula is C33H33N3O. The van der Waals surface area contributed by atoms with Crippen molar-refractivity contribution in [1.82, 2.24) is 14.5 Å². The van der Waals surface area contributed by atoms with Crippen LogP contribution in [0.5, 0.6) is 0 Å². The van der Waals surface area contributed by atoms with Crippen LogP contribution in [-0.2, 0) is 0 Å². The molecule has 37 heavy (non-hydrogen) atoms. The van der Waals surface area contributed by atoms with Gasteiger partial charge in [-0.1, -0.05) is 70.2 Å². The normalized spacial score (nSPS) is 12.1. The molecule has 3 aromatic heterocycles. The highest BCUT2D eigenvalue weighted by molar-refractivity contribution is 6.10. The van der Waals surface area contributed by atoms with Crippen molar-refractivity contribution in [3.8, 4) is 17.1 Å². The Kier molecular flexibility index (Phi) is 5.45. The van der Waals surface area contributed by atoms with Crippen LogP contribution < -0.4 is 0 Å². The van der Waals surface area contributed by atoms with Crippen molar-refractivity contribution >= 4 is 33.0 Å². The average Bonchev–Trinajstić information content (AvgIpc) is 3.42. The van der Waals surface area contributed by atoms with Crippen LogP contribution in [0.15, 0.2) is 65.1 Å². The molecule has 0 N–H and O–H groups in total. The summed E-state index contributed by atoms with van der Waals surface area (Å²) in [7, 11) is 0. The second-order valence-corrected chi connectivity index (χ2v) is 10.8. The largest absolute Gasteiger partial charge is 0.453 e. The van der Waals surface area contributed by atoms with Crippen LogP contribution >= 0.6 is 0 Å². The number of para-hydroxylation sites is 3. The van der Waals surface area contributed by atoms with Crippen molar-refractivity contribution in [3.05, 3.63) is 88.7 Å². The average molecular weight is 488 g/mol. The smallest absolute Gasteiger partial charge is 0.156 e. The number of aromatic nitrogens is 3.